The number of hydrogen-bond acceptors (Lipinski definition) is 3. The van der Waals surface area contributed by atoms with Crippen LogP contribution in [0.15, 0.2) is 46.9 Å². The summed E-state index contributed by atoms with van der Waals surface area (Å²) in [5, 5.41) is 2.86. The third kappa shape index (κ3) is 4.38. The van der Waals surface area contributed by atoms with E-state index in [1.54, 1.807) is 0 Å². The van der Waals surface area contributed by atoms with E-state index in [2.05, 4.69) is 5.32 Å². The second-order valence-electron chi connectivity index (χ2n) is 5.94. The van der Waals surface area contributed by atoms with Crippen molar-refractivity contribution in [2.75, 3.05) is 0 Å². The van der Waals surface area contributed by atoms with Crippen LogP contribution in [0, 0.1) is 6.92 Å². The molecule has 4 heteroatoms. The Hall–Kier alpha value is -2.23. The Morgan fingerprint density at radius 1 is 1.14 bits per heavy atom. The summed E-state index contributed by atoms with van der Waals surface area (Å²) >= 11 is 0. The van der Waals surface area contributed by atoms with Gasteiger partial charge in [0.1, 0.15) is 23.2 Å². The van der Waals surface area contributed by atoms with Crippen molar-refractivity contribution in [2.24, 2.45) is 0 Å². The van der Waals surface area contributed by atoms with Crippen LogP contribution in [-0.4, -0.2) is 11.7 Å². The van der Waals surface area contributed by atoms with Crippen LogP contribution in [0.2, 0.25) is 0 Å². The van der Waals surface area contributed by atoms with Crippen molar-refractivity contribution in [1.82, 2.24) is 5.32 Å². The lowest BCUT2D eigenvalue weighted by Gasteiger charge is -2.23. The van der Waals surface area contributed by atoms with Crippen molar-refractivity contribution in [1.29, 1.82) is 0 Å². The van der Waals surface area contributed by atoms with E-state index in [0.717, 1.165) is 11.3 Å². The Morgan fingerprint density at radius 3 is 2.33 bits per heavy atom. The second-order valence-corrected chi connectivity index (χ2v) is 5.94. The zero-order valence-corrected chi connectivity index (χ0v) is 12.8. The van der Waals surface area contributed by atoms with E-state index < -0.39 is 11.7 Å². The molecule has 1 aromatic heterocycles. The van der Waals surface area contributed by atoms with Crippen molar-refractivity contribution in [3.8, 4) is 0 Å². The quantitative estimate of drug-likeness (QED) is 0.920. The predicted octanol–water partition coefficient (Wildman–Crippen LogP) is 4.20. The first-order valence-corrected chi connectivity index (χ1v) is 6.96. The number of nitrogens with one attached hydrogen (secondary N) is 1. The summed E-state index contributed by atoms with van der Waals surface area (Å²) < 4.78 is 11.0. The van der Waals surface area contributed by atoms with E-state index in [-0.39, 0.29) is 6.04 Å². The first kappa shape index (κ1) is 15.2. The van der Waals surface area contributed by atoms with E-state index in [9.17, 15) is 4.79 Å². The highest BCUT2D eigenvalue weighted by Gasteiger charge is 2.23. The standard InChI is InChI=1S/C17H21NO3/c1-12-10-11-14(20-12)15(13-8-6-5-7-9-13)18-16(19)21-17(2,3)4/h5-11,15H,1-4H3,(H,18,19). The normalized spacial score (nSPS) is 12.8. The predicted molar refractivity (Wildman–Crippen MR) is 81.1 cm³/mol. The minimum absolute atomic E-state index is 0.366. The third-order valence-corrected chi connectivity index (χ3v) is 2.84. The minimum Gasteiger partial charge on any atom is -0.464 e. The van der Waals surface area contributed by atoms with E-state index in [4.69, 9.17) is 9.15 Å². The fourth-order valence-corrected chi connectivity index (χ4v) is 2.00. The number of carbonyl (C=O) groups excluding carboxylic acids is 1. The average molecular weight is 287 g/mol. The molecule has 0 fully saturated rings. The SMILES string of the molecule is Cc1ccc(C(NC(=O)OC(C)(C)C)c2ccccc2)o1. The second kappa shape index (κ2) is 6.04. The molecular formula is C17H21NO3. The zero-order valence-electron chi connectivity index (χ0n) is 12.8. The Labute approximate surface area is 125 Å². The molecule has 0 saturated heterocycles. The first-order valence-electron chi connectivity index (χ1n) is 6.96. The van der Waals surface area contributed by atoms with Gasteiger partial charge in [-0.1, -0.05) is 30.3 Å². The van der Waals surface area contributed by atoms with Gasteiger partial charge in [-0.25, -0.2) is 4.79 Å². The van der Waals surface area contributed by atoms with Gasteiger partial charge in [-0.05, 0) is 45.4 Å². The van der Waals surface area contributed by atoms with Gasteiger partial charge in [-0.15, -0.1) is 0 Å². The molecule has 1 atom stereocenters. The van der Waals surface area contributed by atoms with Crippen LogP contribution >= 0.6 is 0 Å². The third-order valence-electron chi connectivity index (χ3n) is 2.84. The van der Waals surface area contributed by atoms with Crippen LogP contribution in [0.25, 0.3) is 0 Å². The monoisotopic (exact) mass is 287 g/mol. The molecule has 1 N–H and O–H groups in total. The fraction of sp³-hybridized carbons (Fsp3) is 0.353. The van der Waals surface area contributed by atoms with Crippen molar-refractivity contribution in [3.63, 3.8) is 0 Å². The maximum absolute atomic E-state index is 12.0. The summed E-state index contributed by atoms with van der Waals surface area (Å²) in [6, 6.07) is 13.0. The lowest BCUT2D eigenvalue weighted by Crippen LogP contribution is -2.35. The summed E-state index contributed by atoms with van der Waals surface area (Å²) in [6.45, 7) is 7.38. The number of furan rings is 1. The molecule has 4 nitrogen and oxygen atoms in total. The molecule has 0 aliphatic rings. The molecule has 2 aromatic rings. The van der Waals surface area contributed by atoms with E-state index >= 15 is 0 Å². The number of hydrogen-bond donors (Lipinski definition) is 1. The molecule has 21 heavy (non-hydrogen) atoms. The topological polar surface area (TPSA) is 51.5 Å². The van der Waals surface area contributed by atoms with Crippen molar-refractivity contribution in [3.05, 3.63) is 59.5 Å². The molecular weight excluding hydrogens is 266 g/mol. The van der Waals surface area contributed by atoms with Crippen LogP contribution < -0.4 is 5.32 Å². The molecule has 0 saturated carbocycles. The lowest BCUT2D eigenvalue weighted by molar-refractivity contribution is 0.0507. The van der Waals surface area contributed by atoms with Crippen LogP contribution in [0.4, 0.5) is 4.79 Å². The van der Waals surface area contributed by atoms with Gasteiger partial charge in [-0.3, -0.25) is 0 Å². The molecule has 1 amide bonds. The molecule has 0 aliphatic carbocycles. The van der Waals surface area contributed by atoms with Crippen LogP contribution in [0.5, 0.6) is 0 Å². The number of aryl methyl sites for hydroxylation is 1. The average Bonchev–Trinajstić information content (AvgIpc) is 2.81. The Balaban J connectivity index is 2.23. The van der Waals surface area contributed by atoms with Gasteiger partial charge in [0.2, 0.25) is 0 Å². The Kier molecular flexibility index (Phi) is 4.36. The molecule has 0 radical (unpaired) electrons. The van der Waals surface area contributed by atoms with Gasteiger partial charge in [0.05, 0.1) is 0 Å². The van der Waals surface area contributed by atoms with Crippen LogP contribution in [-0.2, 0) is 4.74 Å². The molecule has 112 valence electrons. The van der Waals surface area contributed by atoms with Crippen molar-refractivity contribution in [2.45, 2.75) is 39.3 Å². The summed E-state index contributed by atoms with van der Waals surface area (Å²) in [5.74, 6) is 1.49. The molecule has 2 rings (SSSR count). The number of carbonyl (C=O) groups is 1. The van der Waals surface area contributed by atoms with E-state index in [1.165, 1.54) is 0 Å². The Bertz CT molecular complexity index is 596. The summed E-state index contributed by atoms with van der Waals surface area (Å²) in [6.07, 6.45) is -0.467. The largest absolute Gasteiger partial charge is 0.464 e. The van der Waals surface area contributed by atoms with Crippen LogP contribution in [0.1, 0.15) is 43.9 Å². The van der Waals surface area contributed by atoms with Gasteiger partial charge in [-0.2, -0.15) is 0 Å². The highest BCUT2D eigenvalue weighted by molar-refractivity contribution is 5.69. The highest BCUT2D eigenvalue weighted by Crippen LogP contribution is 2.24. The van der Waals surface area contributed by atoms with Gasteiger partial charge in [0.15, 0.2) is 0 Å². The van der Waals surface area contributed by atoms with Gasteiger partial charge in [0.25, 0.3) is 0 Å². The summed E-state index contributed by atoms with van der Waals surface area (Å²) in [7, 11) is 0. The van der Waals surface area contributed by atoms with Crippen molar-refractivity contribution < 1.29 is 13.9 Å². The van der Waals surface area contributed by atoms with Gasteiger partial charge >= 0.3 is 6.09 Å². The number of rotatable bonds is 3. The van der Waals surface area contributed by atoms with E-state index in [0.29, 0.717) is 5.76 Å². The number of alkyl carbamates (subject to hydrolysis) is 1. The lowest BCUT2D eigenvalue weighted by atomic mass is 10.1. The maximum atomic E-state index is 12.0. The minimum atomic E-state index is -0.537. The molecule has 1 aromatic carbocycles. The first-order chi connectivity index (χ1) is 9.85. The zero-order chi connectivity index (χ0) is 15.5. The summed E-state index contributed by atoms with van der Waals surface area (Å²) in [5.41, 5.74) is 0.405. The fourth-order valence-electron chi connectivity index (χ4n) is 2.00. The molecule has 1 heterocycles. The summed E-state index contributed by atoms with van der Waals surface area (Å²) in [4.78, 5) is 12.0. The van der Waals surface area contributed by atoms with E-state index in [1.807, 2.05) is 70.2 Å². The van der Waals surface area contributed by atoms with Gasteiger partial charge in [0, 0.05) is 0 Å². The molecule has 0 bridgehead atoms. The van der Waals surface area contributed by atoms with Crippen LogP contribution in [0.3, 0.4) is 0 Å². The molecule has 0 aliphatic heterocycles. The smallest absolute Gasteiger partial charge is 0.408 e. The Morgan fingerprint density at radius 2 is 1.81 bits per heavy atom. The van der Waals surface area contributed by atoms with Crippen molar-refractivity contribution >= 4 is 6.09 Å². The number of ether oxygens (including phenoxy) is 1. The molecule has 1 unspecified atom stereocenters. The highest BCUT2D eigenvalue weighted by atomic mass is 16.6. The number of benzene rings is 1. The maximum Gasteiger partial charge on any atom is 0.408 e. The van der Waals surface area contributed by atoms with Gasteiger partial charge < -0.3 is 14.5 Å². The number of amides is 1. The molecule has 0 spiro atoms.